The molecule has 1 N–H and O–H groups in total. The van der Waals surface area contributed by atoms with Crippen molar-refractivity contribution in [2.45, 2.75) is 32.0 Å². The van der Waals surface area contributed by atoms with Gasteiger partial charge in [0.05, 0.1) is 6.61 Å². The van der Waals surface area contributed by atoms with Crippen LogP contribution in [0.4, 0.5) is 8.78 Å². The maximum Gasteiger partial charge on any atom is 0.387 e. The summed E-state index contributed by atoms with van der Waals surface area (Å²) in [5, 5.41) is 9.75. The molecule has 1 aliphatic rings. The van der Waals surface area contributed by atoms with Crippen molar-refractivity contribution in [3.05, 3.63) is 28.8 Å². The minimum absolute atomic E-state index is 0.0750. The van der Waals surface area contributed by atoms with E-state index < -0.39 is 6.61 Å². The van der Waals surface area contributed by atoms with E-state index in [2.05, 4.69) is 9.64 Å². The van der Waals surface area contributed by atoms with Crippen molar-refractivity contribution in [1.82, 2.24) is 4.90 Å². The summed E-state index contributed by atoms with van der Waals surface area (Å²) < 4.78 is 29.2. The van der Waals surface area contributed by atoms with Gasteiger partial charge < -0.3 is 9.84 Å². The molecule has 19 heavy (non-hydrogen) atoms. The van der Waals surface area contributed by atoms with Crippen molar-refractivity contribution < 1.29 is 18.6 Å². The Morgan fingerprint density at radius 2 is 2.26 bits per heavy atom. The molecule has 1 aromatic rings. The number of likely N-dealkylation sites (tertiary alicyclic amines) is 1. The highest BCUT2D eigenvalue weighted by atomic mass is 35.5. The van der Waals surface area contributed by atoms with Gasteiger partial charge in [0, 0.05) is 23.2 Å². The molecule has 0 saturated carbocycles. The minimum atomic E-state index is -2.85. The van der Waals surface area contributed by atoms with E-state index in [1.807, 2.05) is 0 Å². The first-order valence-electron chi connectivity index (χ1n) is 6.18. The predicted molar refractivity (Wildman–Crippen MR) is 68.6 cm³/mol. The summed E-state index contributed by atoms with van der Waals surface area (Å²) in [6, 6.07) is 4.69. The minimum Gasteiger partial charge on any atom is -0.434 e. The summed E-state index contributed by atoms with van der Waals surface area (Å²) in [6.07, 6.45) is 1.92. The molecule has 1 atom stereocenters. The van der Waals surface area contributed by atoms with Gasteiger partial charge in [0.15, 0.2) is 0 Å². The maximum absolute atomic E-state index is 12.3. The Morgan fingerprint density at radius 3 is 2.95 bits per heavy atom. The zero-order chi connectivity index (χ0) is 13.8. The van der Waals surface area contributed by atoms with E-state index in [4.69, 9.17) is 11.6 Å². The SMILES string of the molecule is OC[C@H]1CCCN1Cc1cc(Cl)ccc1OC(F)F. The van der Waals surface area contributed by atoms with Gasteiger partial charge in [0.1, 0.15) is 5.75 Å². The van der Waals surface area contributed by atoms with Crippen molar-refractivity contribution in [3.63, 3.8) is 0 Å². The Bertz CT molecular complexity index is 431. The second-order valence-electron chi connectivity index (χ2n) is 4.58. The highest BCUT2D eigenvalue weighted by Crippen LogP contribution is 2.28. The molecule has 6 heteroatoms. The smallest absolute Gasteiger partial charge is 0.387 e. The summed E-state index contributed by atoms with van der Waals surface area (Å²) >= 11 is 5.90. The Balaban J connectivity index is 2.15. The van der Waals surface area contributed by atoms with Crippen LogP contribution in [0.2, 0.25) is 5.02 Å². The molecule has 0 aromatic heterocycles. The van der Waals surface area contributed by atoms with Crippen LogP contribution in [0, 0.1) is 0 Å². The van der Waals surface area contributed by atoms with Gasteiger partial charge in [-0.2, -0.15) is 8.78 Å². The van der Waals surface area contributed by atoms with E-state index in [-0.39, 0.29) is 18.4 Å². The first kappa shape index (κ1) is 14.5. The number of alkyl halides is 2. The van der Waals surface area contributed by atoms with Gasteiger partial charge in [0.2, 0.25) is 0 Å². The lowest BCUT2D eigenvalue weighted by atomic mass is 10.1. The Hall–Kier alpha value is -0.910. The van der Waals surface area contributed by atoms with Crippen LogP contribution in [0.3, 0.4) is 0 Å². The highest BCUT2D eigenvalue weighted by molar-refractivity contribution is 6.30. The third kappa shape index (κ3) is 3.78. The quantitative estimate of drug-likeness (QED) is 0.905. The van der Waals surface area contributed by atoms with Gasteiger partial charge in [-0.05, 0) is 37.6 Å². The van der Waals surface area contributed by atoms with Crippen LogP contribution < -0.4 is 4.74 Å². The van der Waals surface area contributed by atoms with Crippen LogP contribution in [-0.4, -0.2) is 35.8 Å². The molecule has 0 amide bonds. The zero-order valence-electron chi connectivity index (χ0n) is 10.4. The van der Waals surface area contributed by atoms with E-state index in [0.29, 0.717) is 17.1 Å². The Kier molecular flexibility index (Phi) is 4.96. The maximum atomic E-state index is 12.3. The largest absolute Gasteiger partial charge is 0.434 e. The van der Waals surface area contributed by atoms with Crippen molar-refractivity contribution in [3.8, 4) is 5.75 Å². The second-order valence-corrected chi connectivity index (χ2v) is 5.02. The third-order valence-corrected chi connectivity index (χ3v) is 3.56. The lowest BCUT2D eigenvalue weighted by Gasteiger charge is -2.23. The fourth-order valence-corrected chi connectivity index (χ4v) is 2.61. The van der Waals surface area contributed by atoms with Crippen LogP contribution >= 0.6 is 11.6 Å². The van der Waals surface area contributed by atoms with Gasteiger partial charge in [-0.1, -0.05) is 11.6 Å². The second kappa shape index (κ2) is 6.50. The number of benzene rings is 1. The average molecular weight is 292 g/mol. The van der Waals surface area contributed by atoms with Crippen molar-refractivity contribution in [2.24, 2.45) is 0 Å². The highest BCUT2D eigenvalue weighted by Gasteiger charge is 2.25. The molecule has 2 rings (SSSR count). The van der Waals surface area contributed by atoms with Crippen LogP contribution in [0.25, 0.3) is 0 Å². The van der Waals surface area contributed by atoms with Crippen molar-refractivity contribution in [2.75, 3.05) is 13.2 Å². The first-order valence-corrected chi connectivity index (χ1v) is 6.56. The lowest BCUT2D eigenvalue weighted by Crippen LogP contribution is -2.31. The summed E-state index contributed by atoms with van der Waals surface area (Å²) in [7, 11) is 0. The number of aliphatic hydroxyl groups is 1. The normalized spacial score (nSPS) is 20.2. The molecule has 0 bridgehead atoms. The molecule has 1 aromatic carbocycles. The van der Waals surface area contributed by atoms with Gasteiger partial charge >= 0.3 is 6.61 Å². The topological polar surface area (TPSA) is 32.7 Å². The van der Waals surface area contributed by atoms with E-state index in [1.54, 1.807) is 6.07 Å². The fraction of sp³-hybridized carbons (Fsp3) is 0.538. The van der Waals surface area contributed by atoms with Gasteiger partial charge in [-0.25, -0.2) is 0 Å². The molecule has 1 heterocycles. The lowest BCUT2D eigenvalue weighted by molar-refractivity contribution is -0.0508. The number of rotatable bonds is 5. The van der Waals surface area contributed by atoms with E-state index in [9.17, 15) is 13.9 Å². The molecular weight excluding hydrogens is 276 g/mol. The number of halogens is 3. The van der Waals surface area contributed by atoms with Crippen LogP contribution in [0.5, 0.6) is 5.75 Å². The molecule has 0 spiro atoms. The van der Waals surface area contributed by atoms with Crippen LogP contribution in [0.1, 0.15) is 18.4 Å². The summed E-state index contributed by atoms with van der Waals surface area (Å²) in [6.45, 7) is -1.49. The molecule has 1 fully saturated rings. The zero-order valence-corrected chi connectivity index (χ0v) is 11.1. The van der Waals surface area contributed by atoms with E-state index in [1.165, 1.54) is 12.1 Å². The van der Waals surface area contributed by atoms with Gasteiger partial charge in [0.25, 0.3) is 0 Å². The average Bonchev–Trinajstić information content (AvgIpc) is 2.79. The third-order valence-electron chi connectivity index (χ3n) is 3.32. The van der Waals surface area contributed by atoms with Crippen LogP contribution in [-0.2, 0) is 6.54 Å². The first-order chi connectivity index (χ1) is 9.10. The Labute approximate surface area is 115 Å². The summed E-state index contributed by atoms with van der Waals surface area (Å²) in [5.41, 5.74) is 0.619. The monoisotopic (exact) mass is 291 g/mol. The Morgan fingerprint density at radius 1 is 1.47 bits per heavy atom. The molecule has 3 nitrogen and oxygen atoms in total. The number of hydrogen-bond acceptors (Lipinski definition) is 3. The van der Waals surface area contributed by atoms with Gasteiger partial charge in [-0.3, -0.25) is 4.90 Å². The standard InChI is InChI=1S/C13H16ClF2NO2/c14-10-3-4-12(19-13(15)16)9(6-10)7-17-5-1-2-11(17)8-18/h3-4,6,11,13,18H,1-2,5,7-8H2/t11-/m1/s1. The molecule has 1 aliphatic heterocycles. The number of ether oxygens (including phenoxy) is 1. The summed E-state index contributed by atoms with van der Waals surface area (Å²) in [4.78, 5) is 2.06. The molecule has 0 unspecified atom stereocenters. The predicted octanol–water partition coefficient (Wildman–Crippen LogP) is 2.90. The van der Waals surface area contributed by atoms with Crippen molar-refractivity contribution in [1.29, 1.82) is 0 Å². The van der Waals surface area contributed by atoms with E-state index in [0.717, 1.165) is 19.4 Å². The molecular formula is C13H16ClF2NO2. The number of nitrogens with zero attached hydrogens (tertiary/aromatic N) is 1. The molecule has 106 valence electrons. The fourth-order valence-electron chi connectivity index (χ4n) is 2.41. The molecule has 0 radical (unpaired) electrons. The van der Waals surface area contributed by atoms with Gasteiger partial charge in [-0.15, -0.1) is 0 Å². The summed E-state index contributed by atoms with van der Waals surface area (Å²) in [5.74, 6) is 0.142. The van der Waals surface area contributed by atoms with Crippen molar-refractivity contribution >= 4 is 11.6 Å². The van der Waals surface area contributed by atoms with E-state index >= 15 is 0 Å². The number of aliphatic hydroxyl groups excluding tert-OH is 1. The number of hydrogen-bond donors (Lipinski definition) is 1. The molecule has 1 saturated heterocycles. The van der Waals surface area contributed by atoms with Crippen LogP contribution in [0.15, 0.2) is 18.2 Å². The molecule has 0 aliphatic carbocycles.